The molecule has 1 heterocycles. The van der Waals surface area contributed by atoms with Gasteiger partial charge in [-0.05, 0) is 36.2 Å². The van der Waals surface area contributed by atoms with Gasteiger partial charge in [0.15, 0.2) is 0 Å². The van der Waals surface area contributed by atoms with E-state index in [1.54, 1.807) is 0 Å². The number of aryl methyl sites for hydroxylation is 1. The summed E-state index contributed by atoms with van der Waals surface area (Å²) < 4.78 is 2.39. The van der Waals surface area contributed by atoms with Gasteiger partial charge in [0.1, 0.15) is 0 Å². The molecule has 4 rings (SSSR count). The van der Waals surface area contributed by atoms with Crippen molar-refractivity contribution in [1.29, 1.82) is 0 Å². The maximum Gasteiger partial charge on any atom is 0.0517 e. The lowest BCUT2D eigenvalue weighted by atomic mass is 10.1. The van der Waals surface area contributed by atoms with Gasteiger partial charge in [-0.3, -0.25) is 0 Å². The highest BCUT2D eigenvalue weighted by Crippen LogP contribution is 2.30. The van der Waals surface area contributed by atoms with Crippen molar-refractivity contribution in [2.45, 2.75) is 20.0 Å². The Morgan fingerprint density at radius 2 is 1.48 bits per heavy atom. The third-order valence-electron chi connectivity index (χ3n) is 4.97. The van der Waals surface area contributed by atoms with Gasteiger partial charge in [-0.2, -0.15) is 0 Å². The van der Waals surface area contributed by atoms with Crippen LogP contribution in [0.2, 0.25) is 6.55 Å². The molecule has 0 spiro atoms. The van der Waals surface area contributed by atoms with Crippen molar-refractivity contribution in [1.82, 2.24) is 4.57 Å². The van der Waals surface area contributed by atoms with E-state index >= 15 is 0 Å². The summed E-state index contributed by atoms with van der Waals surface area (Å²) in [6.07, 6.45) is 4.43. The lowest BCUT2D eigenvalue weighted by Gasteiger charge is -2.03. The zero-order valence-corrected chi connectivity index (χ0v) is 16.3. The molecule has 3 aromatic carbocycles. The predicted octanol–water partition coefficient (Wildman–Crippen LogP) is 4.83. The molecule has 0 radical (unpaired) electrons. The van der Waals surface area contributed by atoms with Crippen LogP contribution in [0.25, 0.3) is 34.0 Å². The van der Waals surface area contributed by atoms with E-state index in [4.69, 9.17) is 0 Å². The van der Waals surface area contributed by atoms with Crippen LogP contribution < -0.4 is 5.19 Å². The van der Waals surface area contributed by atoms with Crippen molar-refractivity contribution in [2.24, 2.45) is 0 Å². The van der Waals surface area contributed by atoms with Gasteiger partial charge in [-0.1, -0.05) is 72.4 Å². The van der Waals surface area contributed by atoms with E-state index in [0.29, 0.717) is 0 Å². The number of fused-ring (bicyclic) bond motifs is 3. The zero-order chi connectivity index (χ0) is 17.2. The van der Waals surface area contributed by atoms with E-state index in [-0.39, 0.29) is 9.52 Å². The summed E-state index contributed by atoms with van der Waals surface area (Å²) in [6.45, 7) is 5.53. The molecule has 4 aromatic rings. The van der Waals surface area contributed by atoms with Crippen LogP contribution in [0, 0.1) is 0 Å². The summed E-state index contributed by atoms with van der Waals surface area (Å²) in [5.74, 6) is 0. The minimum atomic E-state index is -0.0596. The lowest BCUT2D eigenvalue weighted by Crippen LogP contribution is -2.08. The second kappa shape index (κ2) is 6.73. The van der Waals surface area contributed by atoms with Crippen molar-refractivity contribution >= 4 is 48.7 Å². The highest BCUT2D eigenvalue weighted by atomic mass is 28.2. The molecule has 0 aliphatic rings. The average Bonchev–Trinajstić information content (AvgIpc) is 3.00. The third-order valence-corrected chi connectivity index (χ3v) is 6.26. The van der Waals surface area contributed by atoms with Crippen LogP contribution in [0.1, 0.15) is 18.1 Å². The fraction of sp³-hybridized carbons (Fsp3) is 0.130. The SMILES string of the molecule is CCn1c2ccccc2c2cc(C=Cc3ccc([SiH2]C)cc3)ccc21. The Hall–Kier alpha value is -2.58. The van der Waals surface area contributed by atoms with Gasteiger partial charge in [0.25, 0.3) is 0 Å². The molecule has 0 atom stereocenters. The topological polar surface area (TPSA) is 4.93 Å². The first kappa shape index (κ1) is 15.9. The Morgan fingerprint density at radius 1 is 0.800 bits per heavy atom. The monoisotopic (exact) mass is 341 g/mol. The molecule has 0 unspecified atom stereocenters. The maximum absolute atomic E-state index is 2.39. The molecular weight excluding hydrogens is 318 g/mol. The number of rotatable bonds is 4. The second-order valence-corrected chi connectivity index (χ2v) is 7.99. The van der Waals surface area contributed by atoms with Crippen LogP contribution in [-0.4, -0.2) is 14.1 Å². The molecule has 0 aliphatic carbocycles. The van der Waals surface area contributed by atoms with E-state index in [1.165, 1.54) is 38.1 Å². The molecule has 0 aliphatic heterocycles. The van der Waals surface area contributed by atoms with Crippen LogP contribution in [0.5, 0.6) is 0 Å². The van der Waals surface area contributed by atoms with Crippen LogP contribution in [0.4, 0.5) is 0 Å². The average molecular weight is 342 g/mol. The minimum Gasteiger partial charge on any atom is -0.341 e. The Morgan fingerprint density at radius 3 is 2.24 bits per heavy atom. The standard InChI is InChI=1S/C23H23NSi/c1-3-24-22-7-5-4-6-20(22)21-16-18(12-15-23(21)24)9-8-17-10-13-19(25-2)14-11-17/h4-16H,3,25H2,1-2H3. The molecule has 1 aromatic heterocycles. The lowest BCUT2D eigenvalue weighted by molar-refractivity contribution is 0.827. The molecule has 0 amide bonds. The molecule has 124 valence electrons. The van der Waals surface area contributed by atoms with E-state index < -0.39 is 0 Å². The molecule has 0 N–H and O–H groups in total. The van der Waals surface area contributed by atoms with Crippen molar-refractivity contribution in [2.75, 3.05) is 0 Å². The largest absolute Gasteiger partial charge is 0.341 e. The summed E-state index contributed by atoms with van der Waals surface area (Å²) in [7, 11) is -0.0596. The van der Waals surface area contributed by atoms with Crippen LogP contribution in [0.3, 0.4) is 0 Å². The van der Waals surface area contributed by atoms with E-state index in [9.17, 15) is 0 Å². The maximum atomic E-state index is 2.39. The first-order valence-corrected chi connectivity index (χ1v) is 11.2. The van der Waals surface area contributed by atoms with Gasteiger partial charge >= 0.3 is 0 Å². The minimum absolute atomic E-state index is 0.0596. The van der Waals surface area contributed by atoms with Gasteiger partial charge in [-0.25, -0.2) is 0 Å². The van der Waals surface area contributed by atoms with Crippen molar-refractivity contribution in [3.63, 3.8) is 0 Å². The molecule has 0 saturated heterocycles. The highest BCUT2D eigenvalue weighted by Gasteiger charge is 2.08. The number of benzene rings is 3. The Labute approximate surface area is 151 Å². The fourth-order valence-electron chi connectivity index (χ4n) is 3.57. The highest BCUT2D eigenvalue weighted by molar-refractivity contribution is 6.51. The van der Waals surface area contributed by atoms with Gasteiger partial charge in [0, 0.05) is 28.4 Å². The van der Waals surface area contributed by atoms with Gasteiger partial charge in [-0.15, -0.1) is 0 Å². The number of hydrogen-bond donors (Lipinski definition) is 0. The molecule has 0 bridgehead atoms. The molecule has 0 fully saturated rings. The van der Waals surface area contributed by atoms with Crippen LogP contribution >= 0.6 is 0 Å². The molecule has 2 heteroatoms. The summed E-state index contributed by atoms with van der Waals surface area (Å²) in [4.78, 5) is 0. The van der Waals surface area contributed by atoms with Crippen molar-refractivity contribution in [3.8, 4) is 0 Å². The number of para-hydroxylation sites is 1. The quantitative estimate of drug-likeness (QED) is 0.370. The summed E-state index contributed by atoms with van der Waals surface area (Å²) in [5.41, 5.74) is 5.15. The zero-order valence-electron chi connectivity index (χ0n) is 14.9. The smallest absolute Gasteiger partial charge is 0.0517 e. The van der Waals surface area contributed by atoms with Crippen LogP contribution in [0.15, 0.2) is 66.7 Å². The number of aromatic nitrogens is 1. The fourth-order valence-corrected chi connectivity index (χ4v) is 4.28. The van der Waals surface area contributed by atoms with Crippen molar-refractivity contribution < 1.29 is 0 Å². The number of nitrogens with zero attached hydrogens (tertiary/aromatic N) is 1. The van der Waals surface area contributed by atoms with Gasteiger partial charge in [0.2, 0.25) is 0 Å². The Bertz CT molecular complexity index is 1050. The van der Waals surface area contributed by atoms with E-state index in [0.717, 1.165) is 6.54 Å². The Balaban J connectivity index is 1.75. The summed E-state index contributed by atoms with van der Waals surface area (Å²) >= 11 is 0. The molecule has 1 nitrogen and oxygen atoms in total. The van der Waals surface area contributed by atoms with E-state index in [2.05, 4.69) is 96.9 Å². The first-order valence-electron chi connectivity index (χ1n) is 9.08. The van der Waals surface area contributed by atoms with Gasteiger partial charge < -0.3 is 4.57 Å². The second-order valence-electron chi connectivity index (χ2n) is 6.47. The summed E-state index contributed by atoms with van der Waals surface area (Å²) in [6, 6.07) is 24.5. The van der Waals surface area contributed by atoms with E-state index in [1.807, 2.05) is 0 Å². The molecule has 0 saturated carbocycles. The first-order chi connectivity index (χ1) is 12.3. The molecular formula is C23H23NSi. The predicted molar refractivity (Wildman–Crippen MR) is 115 cm³/mol. The molecule has 25 heavy (non-hydrogen) atoms. The number of hydrogen-bond acceptors (Lipinski definition) is 0. The third kappa shape index (κ3) is 2.94. The Kier molecular flexibility index (Phi) is 4.29. The van der Waals surface area contributed by atoms with Crippen LogP contribution in [-0.2, 0) is 6.54 Å². The summed E-state index contributed by atoms with van der Waals surface area (Å²) in [5, 5.41) is 4.20. The normalized spacial score (nSPS) is 12.2. The van der Waals surface area contributed by atoms with Crippen molar-refractivity contribution in [3.05, 3.63) is 77.9 Å². The van der Waals surface area contributed by atoms with Gasteiger partial charge in [0.05, 0.1) is 9.52 Å².